The van der Waals surface area contributed by atoms with Gasteiger partial charge in [0.05, 0.1) is 0 Å². The van der Waals surface area contributed by atoms with Crippen LogP contribution in [0.3, 0.4) is 0 Å². The Morgan fingerprint density at radius 2 is 1.91 bits per heavy atom. The summed E-state index contributed by atoms with van der Waals surface area (Å²) in [7, 11) is 0. The summed E-state index contributed by atoms with van der Waals surface area (Å²) < 4.78 is 0. The molecule has 1 aliphatic heterocycles. The number of nitrogens with one attached hydrogen (secondary N) is 1. The number of amides is 1. The van der Waals surface area contributed by atoms with Gasteiger partial charge in [-0.1, -0.05) is 48.0 Å². The van der Waals surface area contributed by atoms with Gasteiger partial charge < -0.3 is 10.2 Å². The summed E-state index contributed by atoms with van der Waals surface area (Å²) in [4.78, 5) is 14.3. The van der Waals surface area contributed by atoms with Crippen LogP contribution in [0.5, 0.6) is 0 Å². The number of rotatable bonds is 5. The highest BCUT2D eigenvalue weighted by Crippen LogP contribution is 2.27. The number of fused-ring (bicyclic) bond motifs is 1. The number of nitrogens with zero attached hydrogens (tertiary/aromatic N) is 1. The van der Waals surface area contributed by atoms with E-state index >= 15 is 0 Å². The van der Waals surface area contributed by atoms with Crippen molar-refractivity contribution in [2.75, 3.05) is 18.0 Å². The van der Waals surface area contributed by atoms with Gasteiger partial charge >= 0.3 is 0 Å². The molecule has 3 heteroatoms. The van der Waals surface area contributed by atoms with E-state index in [1.54, 1.807) is 0 Å². The predicted octanol–water partition coefficient (Wildman–Crippen LogP) is 3.06. The molecular formula is C19H22N2O. The quantitative estimate of drug-likeness (QED) is 0.860. The predicted molar refractivity (Wildman–Crippen MR) is 90.0 cm³/mol. The summed E-state index contributed by atoms with van der Waals surface area (Å²) in [6.45, 7) is 4.43. The van der Waals surface area contributed by atoms with Crippen molar-refractivity contribution < 1.29 is 4.79 Å². The lowest BCUT2D eigenvalue weighted by molar-refractivity contribution is -0.118. The normalized spacial score (nSPS) is 13.2. The fourth-order valence-corrected chi connectivity index (χ4v) is 2.87. The second-order valence-corrected chi connectivity index (χ2v) is 5.84. The van der Waals surface area contributed by atoms with Gasteiger partial charge in [0.15, 0.2) is 0 Å². The minimum absolute atomic E-state index is 0.210. The highest BCUT2D eigenvalue weighted by molar-refractivity contribution is 5.95. The number of carbonyl (C=O) groups excluding carboxylic acids is 1. The molecule has 3 rings (SSSR count). The van der Waals surface area contributed by atoms with Crippen LogP contribution in [0.2, 0.25) is 0 Å². The van der Waals surface area contributed by atoms with Gasteiger partial charge in [0.2, 0.25) is 5.91 Å². The van der Waals surface area contributed by atoms with Gasteiger partial charge in [-0.05, 0) is 30.5 Å². The first kappa shape index (κ1) is 14.8. The van der Waals surface area contributed by atoms with Crippen molar-refractivity contribution in [3.05, 3.63) is 65.2 Å². The third-order valence-electron chi connectivity index (χ3n) is 4.15. The molecule has 22 heavy (non-hydrogen) atoms. The summed E-state index contributed by atoms with van der Waals surface area (Å²) in [6, 6.07) is 16.7. The van der Waals surface area contributed by atoms with Gasteiger partial charge in [0.25, 0.3) is 0 Å². The van der Waals surface area contributed by atoms with Crippen LogP contribution in [-0.4, -0.2) is 19.0 Å². The first-order valence-electron chi connectivity index (χ1n) is 7.88. The second-order valence-electron chi connectivity index (χ2n) is 5.84. The number of aryl methyl sites for hydroxylation is 1. The van der Waals surface area contributed by atoms with Crippen LogP contribution in [-0.2, 0) is 17.8 Å². The smallest absolute Gasteiger partial charge is 0.228 e. The fraction of sp³-hybridized carbons (Fsp3) is 0.316. The van der Waals surface area contributed by atoms with Gasteiger partial charge in [0.1, 0.15) is 0 Å². The topological polar surface area (TPSA) is 32.3 Å². The van der Waals surface area contributed by atoms with Crippen molar-refractivity contribution in [3.8, 4) is 0 Å². The zero-order valence-corrected chi connectivity index (χ0v) is 13.0. The molecule has 0 aromatic heterocycles. The molecule has 0 aliphatic carbocycles. The minimum atomic E-state index is 0.210. The number of para-hydroxylation sites is 1. The van der Waals surface area contributed by atoms with Crippen molar-refractivity contribution in [1.29, 1.82) is 0 Å². The van der Waals surface area contributed by atoms with Crippen LogP contribution in [0.25, 0.3) is 0 Å². The molecule has 0 atom stereocenters. The van der Waals surface area contributed by atoms with E-state index in [0.717, 1.165) is 25.2 Å². The van der Waals surface area contributed by atoms with E-state index in [1.807, 2.05) is 23.1 Å². The van der Waals surface area contributed by atoms with Crippen LogP contribution in [0.4, 0.5) is 5.69 Å². The first-order chi connectivity index (χ1) is 10.7. The summed E-state index contributed by atoms with van der Waals surface area (Å²) in [5, 5.41) is 3.35. The Morgan fingerprint density at radius 3 is 2.73 bits per heavy atom. The van der Waals surface area contributed by atoms with Crippen LogP contribution in [0.1, 0.15) is 23.1 Å². The average molecular weight is 294 g/mol. The van der Waals surface area contributed by atoms with E-state index in [4.69, 9.17) is 0 Å². The number of anilines is 1. The van der Waals surface area contributed by atoms with E-state index in [1.165, 1.54) is 16.7 Å². The second kappa shape index (κ2) is 6.75. The average Bonchev–Trinajstić information content (AvgIpc) is 2.97. The molecule has 1 amide bonds. The molecule has 2 aromatic carbocycles. The number of hydrogen-bond acceptors (Lipinski definition) is 2. The van der Waals surface area contributed by atoms with Gasteiger partial charge in [0, 0.05) is 31.7 Å². The molecular weight excluding hydrogens is 272 g/mol. The van der Waals surface area contributed by atoms with Crippen LogP contribution < -0.4 is 10.2 Å². The van der Waals surface area contributed by atoms with Gasteiger partial charge in [-0.2, -0.15) is 0 Å². The molecule has 0 radical (unpaired) electrons. The third-order valence-corrected chi connectivity index (χ3v) is 4.15. The zero-order valence-electron chi connectivity index (χ0n) is 13.0. The Morgan fingerprint density at radius 1 is 1.14 bits per heavy atom. The van der Waals surface area contributed by atoms with Crippen molar-refractivity contribution in [3.63, 3.8) is 0 Å². The summed E-state index contributed by atoms with van der Waals surface area (Å²) >= 11 is 0. The summed E-state index contributed by atoms with van der Waals surface area (Å²) in [5.74, 6) is 0.210. The maximum atomic E-state index is 12.3. The Labute approximate surface area is 132 Å². The van der Waals surface area contributed by atoms with E-state index < -0.39 is 0 Å². The Balaban J connectivity index is 1.46. The van der Waals surface area contributed by atoms with Gasteiger partial charge in [-0.3, -0.25) is 4.79 Å². The Kier molecular flexibility index (Phi) is 4.54. The van der Waals surface area contributed by atoms with E-state index in [0.29, 0.717) is 13.0 Å². The molecule has 114 valence electrons. The highest BCUT2D eigenvalue weighted by atomic mass is 16.2. The maximum absolute atomic E-state index is 12.3. The first-order valence-corrected chi connectivity index (χ1v) is 7.88. The molecule has 1 N–H and O–H groups in total. The Bertz CT molecular complexity index is 649. The number of carbonyl (C=O) groups is 1. The molecule has 2 aromatic rings. The molecule has 0 saturated heterocycles. The lowest BCUT2D eigenvalue weighted by Gasteiger charge is -2.17. The van der Waals surface area contributed by atoms with Crippen molar-refractivity contribution in [2.45, 2.75) is 26.3 Å². The molecule has 0 bridgehead atoms. The van der Waals surface area contributed by atoms with Crippen molar-refractivity contribution in [1.82, 2.24) is 5.32 Å². The van der Waals surface area contributed by atoms with E-state index in [9.17, 15) is 4.79 Å². The number of hydrogen-bond donors (Lipinski definition) is 1. The van der Waals surface area contributed by atoms with E-state index in [-0.39, 0.29) is 5.91 Å². The lowest BCUT2D eigenvalue weighted by Crippen LogP contribution is -2.31. The standard InChI is InChI=1S/C19H22N2O/c1-15-6-8-16(9-7-15)14-20-12-10-19(22)21-13-11-17-4-2-3-5-18(17)21/h2-9,20H,10-14H2,1H3. The van der Waals surface area contributed by atoms with Crippen LogP contribution in [0.15, 0.2) is 48.5 Å². The molecule has 0 fully saturated rings. The zero-order chi connectivity index (χ0) is 15.4. The van der Waals surface area contributed by atoms with Crippen LogP contribution in [0, 0.1) is 6.92 Å². The fourth-order valence-electron chi connectivity index (χ4n) is 2.87. The van der Waals surface area contributed by atoms with Gasteiger partial charge in [-0.25, -0.2) is 0 Å². The monoisotopic (exact) mass is 294 g/mol. The largest absolute Gasteiger partial charge is 0.312 e. The minimum Gasteiger partial charge on any atom is -0.312 e. The molecule has 0 spiro atoms. The highest BCUT2D eigenvalue weighted by Gasteiger charge is 2.23. The summed E-state index contributed by atoms with van der Waals surface area (Å²) in [6.07, 6.45) is 1.51. The van der Waals surface area contributed by atoms with Gasteiger partial charge in [-0.15, -0.1) is 0 Å². The molecule has 1 aliphatic rings. The Hall–Kier alpha value is -2.13. The SMILES string of the molecule is Cc1ccc(CNCCC(=O)N2CCc3ccccc32)cc1. The molecule has 0 saturated carbocycles. The summed E-state index contributed by atoms with van der Waals surface area (Å²) in [5.41, 5.74) is 4.89. The van der Waals surface area contributed by atoms with Crippen LogP contribution >= 0.6 is 0 Å². The maximum Gasteiger partial charge on any atom is 0.228 e. The third kappa shape index (κ3) is 3.37. The van der Waals surface area contributed by atoms with E-state index in [2.05, 4.69) is 42.6 Å². The molecule has 3 nitrogen and oxygen atoms in total. The molecule has 1 heterocycles. The molecule has 0 unspecified atom stereocenters. The van der Waals surface area contributed by atoms with Crippen molar-refractivity contribution in [2.24, 2.45) is 0 Å². The van der Waals surface area contributed by atoms with Crippen molar-refractivity contribution >= 4 is 11.6 Å². The lowest BCUT2D eigenvalue weighted by atomic mass is 10.1. The number of benzene rings is 2.